The summed E-state index contributed by atoms with van der Waals surface area (Å²) in [5, 5.41) is 0. The lowest BCUT2D eigenvalue weighted by atomic mass is 10.0. The lowest BCUT2D eigenvalue weighted by Gasteiger charge is -2.04. The Hall–Kier alpha value is -0.843. The molecule has 0 aromatic rings. The minimum atomic E-state index is -0.151. The molecule has 0 aromatic heterocycles. The van der Waals surface area contributed by atoms with Crippen LogP contribution in [0.5, 0.6) is 0 Å². The number of carbonyl (C=O) groups excluding carboxylic acids is 2. The van der Waals surface area contributed by atoms with Crippen LogP contribution in [0.2, 0.25) is 12.1 Å². The molecule has 0 rings (SSSR count). The first kappa shape index (κ1) is 40.2. The molecule has 244 valence electrons. The van der Waals surface area contributed by atoms with E-state index < -0.39 is 0 Å². The molecule has 0 radical (unpaired) electrons. The van der Waals surface area contributed by atoms with Crippen molar-refractivity contribution >= 4 is 21.3 Å². The summed E-state index contributed by atoms with van der Waals surface area (Å²) in [6.45, 7) is 0. The van der Waals surface area contributed by atoms with Crippen LogP contribution in [-0.2, 0) is 9.59 Å². The normalized spacial score (nSPS) is 11.3. The maximum atomic E-state index is 10.7. The molecule has 0 saturated carbocycles. The Labute approximate surface area is 259 Å². The van der Waals surface area contributed by atoms with Gasteiger partial charge in [0.1, 0.15) is 0 Å². The number of hydrogen-bond donors (Lipinski definition) is 2. The lowest BCUT2D eigenvalue weighted by Crippen LogP contribution is -2.09. The quantitative estimate of drug-likeness (QED) is 0.0558. The highest BCUT2D eigenvalue weighted by Crippen LogP contribution is 2.16. The Bertz CT molecular complexity index is 498. The van der Waals surface area contributed by atoms with E-state index in [1.165, 1.54) is 180 Å². The molecular weight excluding hydrogens is 520 g/mol. The topological polar surface area (TPSA) is 86.2 Å². The Morgan fingerprint density at radius 3 is 0.659 bits per heavy atom. The molecule has 0 aliphatic rings. The second-order valence-corrected chi connectivity index (χ2v) is 15.2. The van der Waals surface area contributed by atoms with E-state index in [0.717, 1.165) is 12.8 Å². The molecule has 0 aliphatic carbocycles. The summed E-state index contributed by atoms with van der Waals surface area (Å²) in [5.41, 5.74) is 10.3. The Kier molecular flexibility index (Phi) is 34.6. The zero-order chi connectivity index (χ0) is 29.9. The predicted octanol–water partition coefficient (Wildman–Crippen LogP) is 10.4. The summed E-state index contributed by atoms with van der Waals surface area (Å²) >= 11 is 0. The van der Waals surface area contributed by atoms with E-state index in [9.17, 15) is 9.59 Å². The molecule has 0 aromatic carbocycles. The van der Waals surface area contributed by atoms with E-state index in [1.807, 2.05) is 0 Å². The molecule has 2 amide bonds. The van der Waals surface area contributed by atoms with Crippen LogP contribution in [0.15, 0.2) is 0 Å². The molecule has 41 heavy (non-hydrogen) atoms. The molecule has 4 nitrogen and oxygen atoms in total. The van der Waals surface area contributed by atoms with E-state index in [-0.39, 0.29) is 21.3 Å². The summed E-state index contributed by atoms with van der Waals surface area (Å²) in [7, 11) is 0.238. The van der Waals surface area contributed by atoms with Crippen molar-refractivity contribution in [3.05, 3.63) is 0 Å². The van der Waals surface area contributed by atoms with Crippen molar-refractivity contribution in [3.63, 3.8) is 0 Å². The smallest absolute Gasteiger partial charge is 0.217 e. The van der Waals surface area contributed by atoms with Crippen molar-refractivity contribution in [1.82, 2.24) is 0 Å². The third kappa shape index (κ3) is 39.2. The van der Waals surface area contributed by atoms with Gasteiger partial charge in [0.05, 0.1) is 0 Å². The first-order chi connectivity index (χ1) is 20.1. The van der Waals surface area contributed by atoms with Crippen LogP contribution in [0.4, 0.5) is 0 Å². The van der Waals surface area contributed by atoms with Crippen LogP contribution in [0.3, 0.4) is 0 Å². The van der Waals surface area contributed by atoms with Gasteiger partial charge in [0, 0.05) is 22.4 Å². The third-order valence-electron chi connectivity index (χ3n) is 8.85. The molecule has 0 bridgehead atoms. The van der Waals surface area contributed by atoms with Gasteiger partial charge < -0.3 is 11.5 Å². The van der Waals surface area contributed by atoms with E-state index in [0.29, 0.717) is 12.8 Å². The maximum absolute atomic E-state index is 10.7. The standard InChI is InChI=1S/C36H74N2O2Si/c37-35(39)31-27-23-19-15-11-7-3-1-5-9-13-17-21-25-29-33-41-34-30-26-22-18-14-10-6-2-4-8-12-16-20-24-28-32-36(38)40/h1-34,41H2,(H2,37,39)(H2,38,40). The van der Waals surface area contributed by atoms with Gasteiger partial charge in [0.25, 0.3) is 0 Å². The Morgan fingerprint density at radius 1 is 0.293 bits per heavy atom. The molecule has 5 heteroatoms. The van der Waals surface area contributed by atoms with Crippen LogP contribution in [0, 0.1) is 0 Å². The van der Waals surface area contributed by atoms with Crippen molar-refractivity contribution in [2.45, 2.75) is 218 Å². The van der Waals surface area contributed by atoms with Crippen molar-refractivity contribution in [1.29, 1.82) is 0 Å². The fourth-order valence-electron chi connectivity index (χ4n) is 6.08. The molecular formula is C36H74N2O2Si. The van der Waals surface area contributed by atoms with Gasteiger partial charge in [-0.15, -0.1) is 0 Å². The third-order valence-corrected chi connectivity index (χ3v) is 10.8. The molecule has 4 N–H and O–H groups in total. The van der Waals surface area contributed by atoms with Gasteiger partial charge in [0.2, 0.25) is 11.8 Å². The van der Waals surface area contributed by atoms with Crippen molar-refractivity contribution in [2.24, 2.45) is 11.5 Å². The van der Waals surface area contributed by atoms with Gasteiger partial charge in [-0.1, -0.05) is 192 Å². The number of nitrogens with two attached hydrogens (primary N) is 2. The molecule has 0 spiro atoms. The van der Waals surface area contributed by atoms with Gasteiger partial charge in [-0.3, -0.25) is 9.59 Å². The highest BCUT2D eigenvalue weighted by Gasteiger charge is 1.99. The van der Waals surface area contributed by atoms with Gasteiger partial charge in [-0.2, -0.15) is 0 Å². The summed E-state index contributed by atoms with van der Waals surface area (Å²) < 4.78 is 0. The molecule has 0 saturated heterocycles. The molecule has 0 unspecified atom stereocenters. The van der Waals surface area contributed by atoms with Gasteiger partial charge in [-0.05, 0) is 12.8 Å². The number of rotatable bonds is 36. The lowest BCUT2D eigenvalue weighted by molar-refractivity contribution is -0.119. The summed E-state index contributed by atoms with van der Waals surface area (Å²) in [4.78, 5) is 21.4. The first-order valence-corrected chi connectivity index (χ1v) is 20.7. The molecule has 0 heterocycles. The highest BCUT2D eigenvalue weighted by atomic mass is 28.2. The van der Waals surface area contributed by atoms with Crippen LogP contribution in [0.25, 0.3) is 0 Å². The average molecular weight is 595 g/mol. The first-order valence-electron chi connectivity index (χ1n) is 18.7. The second-order valence-electron chi connectivity index (χ2n) is 13.1. The summed E-state index contributed by atoms with van der Waals surface area (Å²) in [5.74, 6) is -0.302. The van der Waals surface area contributed by atoms with E-state index in [2.05, 4.69) is 0 Å². The monoisotopic (exact) mass is 595 g/mol. The van der Waals surface area contributed by atoms with Crippen LogP contribution >= 0.6 is 0 Å². The zero-order valence-electron chi connectivity index (χ0n) is 27.7. The molecule has 0 aliphatic heterocycles. The highest BCUT2D eigenvalue weighted by molar-refractivity contribution is 6.35. The Balaban J connectivity index is 3.04. The Morgan fingerprint density at radius 2 is 0.463 bits per heavy atom. The average Bonchev–Trinajstić information content (AvgIpc) is 2.94. The zero-order valence-corrected chi connectivity index (χ0v) is 29.1. The van der Waals surface area contributed by atoms with Gasteiger partial charge in [-0.25, -0.2) is 0 Å². The van der Waals surface area contributed by atoms with Crippen molar-refractivity contribution < 1.29 is 9.59 Å². The summed E-state index contributed by atoms with van der Waals surface area (Å²) in [6.07, 6.45) is 42.4. The number of unbranched alkanes of at least 4 members (excludes halogenated alkanes) is 28. The second kappa shape index (κ2) is 35.4. The fourth-order valence-corrected chi connectivity index (χ4v) is 7.85. The van der Waals surface area contributed by atoms with Gasteiger partial charge in [0.15, 0.2) is 0 Å². The van der Waals surface area contributed by atoms with Crippen molar-refractivity contribution in [3.8, 4) is 0 Å². The SMILES string of the molecule is NC(=O)CCCCCCCCCCCCCCCCC[SiH2]CCCCCCCCCCCCCCCCCC(N)=O. The van der Waals surface area contributed by atoms with Crippen LogP contribution in [-0.4, -0.2) is 21.3 Å². The van der Waals surface area contributed by atoms with Crippen molar-refractivity contribution in [2.75, 3.05) is 0 Å². The minimum Gasteiger partial charge on any atom is -0.370 e. The number of amides is 2. The number of hydrogen-bond acceptors (Lipinski definition) is 2. The van der Waals surface area contributed by atoms with Crippen LogP contribution < -0.4 is 11.5 Å². The maximum Gasteiger partial charge on any atom is 0.217 e. The largest absolute Gasteiger partial charge is 0.370 e. The number of carbonyl (C=O) groups is 2. The molecule has 0 atom stereocenters. The molecule has 0 fully saturated rings. The van der Waals surface area contributed by atoms with E-state index in [4.69, 9.17) is 11.5 Å². The van der Waals surface area contributed by atoms with Crippen LogP contribution in [0.1, 0.15) is 205 Å². The predicted molar refractivity (Wildman–Crippen MR) is 184 cm³/mol. The number of primary amides is 2. The van der Waals surface area contributed by atoms with Gasteiger partial charge >= 0.3 is 0 Å². The fraction of sp³-hybridized carbons (Fsp3) is 0.944. The van der Waals surface area contributed by atoms with E-state index >= 15 is 0 Å². The minimum absolute atomic E-state index is 0.151. The van der Waals surface area contributed by atoms with E-state index in [1.54, 1.807) is 12.1 Å². The summed E-state index contributed by atoms with van der Waals surface area (Å²) in [6, 6.07) is 3.20.